The first-order valence-corrected chi connectivity index (χ1v) is 8.67. The Morgan fingerprint density at radius 1 is 1.15 bits per heavy atom. The van der Waals surface area contributed by atoms with Gasteiger partial charge in [-0.2, -0.15) is 0 Å². The number of anilines is 1. The Morgan fingerprint density at radius 2 is 1.96 bits per heavy atom. The molecular weight excluding hydrogens is 328 g/mol. The summed E-state index contributed by atoms with van der Waals surface area (Å²) < 4.78 is 6.80. The normalized spacial score (nSPS) is 12.7. The molecular formula is C20H20N4O2. The summed E-state index contributed by atoms with van der Waals surface area (Å²) in [4.78, 5) is 12.4. The van der Waals surface area contributed by atoms with Crippen molar-refractivity contribution in [2.45, 2.75) is 25.8 Å². The first-order valence-electron chi connectivity index (χ1n) is 8.67. The maximum atomic E-state index is 12.4. The summed E-state index contributed by atoms with van der Waals surface area (Å²) in [5.41, 5.74) is 4.88. The van der Waals surface area contributed by atoms with E-state index in [0.29, 0.717) is 12.2 Å². The topological polar surface area (TPSA) is 69.0 Å². The number of aryl methyl sites for hydroxylation is 2. The molecule has 0 radical (unpaired) electrons. The maximum Gasteiger partial charge on any atom is 0.277 e. The van der Waals surface area contributed by atoms with E-state index in [1.807, 2.05) is 30.3 Å². The molecule has 0 saturated heterocycles. The number of nitrogens with zero attached hydrogens (tertiary/aromatic N) is 3. The van der Waals surface area contributed by atoms with Gasteiger partial charge in [0, 0.05) is 5.69 Å². The summed E-state index contributed by atoms with van der Waals surface area (Å²) in [6, 6.07) is 13.8. The molecule has 0 aliphatic heterocycles. The second-order valence-corrected chi connectivity index (χ2v) is 6.44. The van der Waals surface area contributed by atoms with Crippen molar-refractivity contribution in [3.8, 4) is 5.75 Å². The fourth-order valence-electron chi connectivity index (χ4n) is 3.24. The predicted molar refractivity (Wildman–Crippen MR) is 98.5 cm³/mol. The molecule has 1 N–H and O–H groups in total. The van der Waals surface area contributed by atoms with Crippen LogP contribution in [0.15, 0.2) is 48.7 Å². The van der Waals surface area contributed by atoms with Gasteiger partial charge in [0.25, 0.3) is 5.91 Å². The van der Waals surface area contributed by atoms with Crippen LogP contribution in [-0.4, -0.2) is 28.0 Å². The summed E-state index contributed by atoms with van der Waals surface area (Å²) in [6.07, 6.45) is 5.06. The molecule has 2 aromatic carbocycles. The van der Waals surface area contributed by atoms with Crippen molar-refractivity contribution in [3.63, 3.8) is 0 Å². The summed E-state index contributed by atoms with van der Waals surface area (Å²) in [7, 11) is 1.64. The van der Waals surface area contributed by atoms with Crippen molar-refractivity contribution in [1.82, 2.24) is 15.0 Å². The van der Waals surface area contributed by atoms with Crippen LogP contribution in [0.5, 0.6) is 5.75 Å². The highest BCUT2D eigenvalue weighted by Crippen LogP contribution is 2.25. The van der Waals surface area contributed by atoms with E-state index < -0.39 is 0 Å². The molecule has 3 aromatic rings. The number of methoxy groups -OCH3 is 1. The van der Waals surface area contributed by atoms with Crippen molar-refractivity contribution in [2.75, 3.05) is 12.4 Å². The van der Waals surface area contributed by atoms with Gasteiger partial charge >= 0.3 is 0 Å². The van der Waals surface area contributed by atoms with E-state index in [9.17, 15) is 4.79 Å². The maximum absolute atomic E-state index is 12.4. The zero-order valence-corrected chi connectivity index (χ0v) is 14.6. The number of carbonyl (C=O) groups excluding carboxylic acids is 1. The quantitative estimate of drug-likeness (QED) is 0.769. The lowest BCUT2D eigenvalue weighted by Gasteiger charge is -2.06. The Balaban J connectivity index is 1.42. The number of nitrogens with one attached hydrogen (secondary N) is 1. The highest BCUT2D eigenvalue weighted by molar-refractivity contribution is 6.02. The Labute approximate surface area is 151 Å². The molecule has 0 bridgehead atoms. The largest absolute Gasteiger partial charge is 0.497 e. The Morgan fingerprint density at radius 3 is 2.77 bits per heavy atom. The van der Waals surface area contributed by atoms with Crippen LogP contribution >= 0.6 is 0 Å². The average molecular weight is 348 g/mol. The number of rotatable bonds is 5. The molecule has 0 saturated carbocycles. The Bertz CT molecular complexity index is 931. The van der Waals surface area contributed by atoms with Crippen LogP contribution in [0.3, 0.4) is 0 Å². The number of hydrogen-bond acceptors (Lipinski definition) is 4. The number of aromatic nitrogens is 3. The number of hydrogen-bond donors (Lipinski definition) is 1. The molecule has 0 unspecified atom stereocenters. The van der Waals surface area contributed by atoms with Gasteiger partial charge in [0.1, 0.15) is 5.75 Å². The number of amides is 1. The van der Waals surface area contributed by atoms with Gasteiger partial charge in [-0.05, 0) is 60.2 Å². The third-order valence-corrected chi connectivity index (χ3v) is 4.63. The minimum atomic E-state index is -0.246. The summed E-state index contributed by atoms with van der Waals surface area (Å²) in [6.45, 7) is 0.545. The fourth-order valence-corrected chi connectivity index (χ4v) is 3.24. The molecule has 1 heterocycles. The van der Waals surface area contributed by atoms with Crippen LogP contribution in [0.2, 0.25) is 0 Å². The van der Waals surface area contributed by atoms with E-state index in [1.165, 1.54) is 17.5 Å². The Kier molecular flexibility index (Phi) is 4.39. The highest BCUT2D eigenvalue weighted by Gasteiger charge is 2.14. The van der Waals surface area contributed by atoms with Gasteiger partial charge in [-0.25, -0.2) is 4.68 Å². The molecule has 0 atom stereocenters. The van der Waals surface area contributed by atoms with E-state index in [2.05, 4.69) is 27.8 Å². The lowest BCUT2D eigenvalue weighted by molar-refractivity contribution is 0.102. The van der Waals surface area contributed by atoms with Gasteiger partial charge in [-0.3, -0.25) is 4.79 Å². The smallest absolute Gasteiger partial charge is 0.277 e. The van der Waals surface area contributed by atoms with Gasteiger partial charge in [0.05, 0.1) is 19.9 Å². The van der Waals surface area contributed by atoms with E-state index >= 15 is 0 Å². The molecule has 132 valence electrons. The summed E-state index contributed by atoms with van der Waals surface area (Å²) in [5, 5.41) is 10.9. The second-order valence-electron chi connectivity index (χ2n) is 6.44. The van der Waals surface area contributed by atoms with Crippen LogP contribution < -0.4 is 10.1 Å². The van der Waals surface area contributed by atoms with Crippen LogP contribution in [0, 0.1) is 0 Å². The van der Waals surface area contributed by atoms with Crippen LogP contribution in [0.1, 0.15) is 33.6 Å². The third-order valence-electron chi connectivity index (χ3n) is 4.63. The summed E-state index contributed by atoms with van der Waals surface area (Å²) in [5.74, 6) is 0.561. The van der Waals surface area contributed by atoms with Gasteiger partial charge in [-0.15, -0.1) is 5.10 Å². The number of benzene rings is 2. The fraction of sp³-hybridized carbons (Fsp3) is 0.250. The molecule has 6 heteroatoms. The first-order chi connectivity index (χ1) is 12.7. The monoisotopic (exact) mass is 348 g/mol. The van der Waals surface area contributed by atoms with Crippen molar-refractivity contribution in [1.29, 1.82) is 0 Å². The van der Waals surface area contributed by atoms with E-state index in [-0.39, 0.29) is 5.91 Å². The van der Waals surface area contributed by atoms with E-state index in [1.54, 1.807) is 18.0 Å². The molecule has 6 nitrogen and oxygen atoms in total. The molecule has 0 fully saturated rings. The zero-order chi connectivity index (χ0) is 17.9. The standard InChI is InChI=1S/C20H20N4O2/c1-26-18-9-5-14(6-10-18)12-24-13-19(22-23-24)20(25)21-17-8-7-15-3-2-4-16(15)11-17/h5-11,13H,2-4,12H2,1H3,(H,21,25). The minimum absolute atomic E-state index is 0.246. The van der Waals surface area contributed by atoms with Gasteiger partial charge in [-0.1, -0.05) is 23.4 Å². The van der Waals surface area contributed by atoms with Crippen molar-refractivity contribution >= 4 is 11.6 Å². The van der Waals surface area contributed by atoms with Crippen molar-refractivity contribution in [3.05, 3.63) is 71.0 Å². The SMILES string of the molecule is COc1ccc(Cn2cc(C(=O)Nc3ccc4c(c3)CCC4)nn2)cc1. The first kappa shape index (κ1) is 16.3. The highest BCUT2D eigenvalue weighted by atomic mass is 16.5. The molecule has 1 aliphatic rings. The minimum Gasteiger partial charge on any atom is -0.497 e. The molecule has 1 aromatic heterocycles. The van der Waals surface area contributed by atoms with Gasteiger partial charge < -0.3 is 10.1 Å². The number of ether oxygens (including phenoxy) is 1. The van der Waals surface area contributed by atoms with Crippen molar-refractivity contribution < 1.29 is 9.53 Å². The zero-order valence-electron chi connectivity index (χ0n) is 14.6. The molecule has 1 amide bonds. The third kappa shape index (κ3) is 3.44. The van der Waals surface area contributed by atoms with Crippen LogP contribution in [0.25, 0.3) is 0 Å². The van der Waals surface area contributed by atoms with Crippen molar-refractivity contribution in [2.24, 2.45) is 0 Å². The predicted octanol–water partition coefficient (Wildman–Crippen LogP) is 3.08. The van der Waals surface area contributed by atoms with Crippen LogP contribution in [0.4, 0.5) is 5.69 Å². The Hall–Kier alpha value is -3.15. The van der Waals surface area contributed by atoms with Crippen LogP contribution in [-0.2, 0) is 19.4 Å². The number of carbonyl (C=O) groups is 1. The second kappa shape index (κ2) is 7.00. The van der Waals surface area contributed by atoms with E-state index in [4.69, 9.17) is 4.74 Å². The van der Waals surface area contributed by atoms with Gasteiger partial charge in [0.15, 0.2) is 5.69 Å². The lowest BCUT2D eigenvalue weighted by atomic mass is 10.1. The van der Waals surface area contributed by atoms with Gasteiger partial charge in [0.2, 0.25) is 0 Å². The molecule has 1 aliphatic carbocycles. The lowest BCUT2D eigenvalue weighted by Crippen LogP contribution is -2.12. The average Bonchev–Trinajstić information content (AvgIpc) is 3.31. The molecule has 4 rings (SSSR count). The molecule has 26 heavy (non-hydrogen) atoms. The number of fused-ring (bicyclic) bond motifs is 1. The van der Waals surface area contributed by atoms with E-state index in [0.717, 1.165) is 29.8 Å². The molecule has 0 spiro atoms. The summed E-state index contributed by atoms with van der Waals surface area (Å²) >= 11 is 0.